The van der Waals surface area contributed by atoms with Gasteiger partial charge in [-0.2, -0.15) is 0 Å². The first kappa shape index (κ1) is 8.57. The number of hydrogen-bond acceptors (Lipinski definition) is 1. The van der Waals surface area contributed by atoms with E-state index < -0.39 is 0 Å². The van der Waals surface area contributed by atoms with Crippen LogP contribution in [-0.4, -0.2) is 24.4 Å². The SMILES string of the molecule is CCC1(CC)CCN(C=O)C1. The van der Waals surface area contributed by atoms with Crippen molar-refractivity contribution in [1.29, 1.82) is 0 Å². The Morgan fingerprint density at radius 3 is 2.36 bits per heavy atom. The molecule has 2 heteroatoms. The van der Waals surface area contributed by atoms with E-state index in [0.29, 0.717) is 5.41 Å². The van der Waals surface area contributed by atoms with Gasteiger partial charge in [0.05, 0.1) is 0 Å². The highest BCUT2D eigenvalue weighted by Gasteiger charge is 2.33. The van der Waals surface area contributed by atoms with Crippen molar-refractivity contribution >= 4 is 6.41 Å². The molecule has 0 saturated carbocycles. The zero-order chi connectivity index (χ0) is 8.32. The molecular formula is C9H17NO. The Hall–Kier alpha value is -0.530. The van der Waals surface area contributed by atoms with Crippen molar-refractivity contribution in [3.63, 3.8) is 0 Å². The molecule has 1 fully saturated rings. The zero-order valence-corrected chi connectivity index (χ0v) is 7.47. The third kappa shape index (κ3) is 1.55. The summed E-state index contributed by atoms with van der Waals surface area (Å²) in [6, 6.07) is 0. The lowest BCUT2D eigenvalue weighted by Gasteiger charge is -2.24. The lowest BCUT2D eigenvalue weighted by atomic mass is 9.82. The summed E-state index contributed by atoms with van der Waals surface area (Å²) in [4.78, 5) is 12.3. The number of carbonyl (C=O) groups excluding carboxylic acids is 1. The topological polar surface area (TPSA) is 20.3 Å². The average molecular weight is 155 g/mol. The minimum Gasteiger partial charge on any atom is -0.345 e. The number of nitrogens with zero attached hydrogens (tertiary/aromatic N) is 1. The molecule has 11 heavy (non-hydrogen) atoms. The summed E-state index contributed by atoms with van der Waals surface area (Å²) in [6.07, 6.45) is 4.58. The summed E-state index contributed by atoms with van der Waals surface area (Å²) < 4.78 is 0. The van der Waals surface area contributed by atoms with Gasteiger partial charge < -0.3 is 4.90 Å². The molecule has 0 aliphatic carbocycles. The maximum absolute atomic E-state index is 10.5. The van der Waals surface area contributed by atoms with Crippen LogP contribution in [0.2, 0.25) is 0 Å². The average Bonchev–Trinajstić information content (AvgIpc) is 2.49. The van der Waals surface area contributed by atoms with Crippen molar-refractivity contribution in [3.05, 3.63) is 0 Å². The zero-order valence-electron chi connectivity index (χ0n) is 7.47. The Bertz CT molecular complexity index is 140. The van der Waals surface area contributed by atoms with Gasteiger partial charge in [0.25, 0.3) is 0 Å². The van der Waals surface area contributed by atoms with Crippen LogP contribution in [0, 0.1) is 5.41 Å². The minimum atomic E-state index is 0.445. The highest BCUT2D eigenvalue weighted by Crippen LogP contribution is 2.35. The highest BCUT2D eigenvalue weighted by molar-refractivity contribution is 5.47. The molecule has 0 aromatic carbocycles. The molecule has 0 aromatic rings. The molecule has 0 atom stereocenters. The van der Waals surface area contributed by atoms with Crippen LogP contribution >= 0.6 is 0 Å². The summed E-state index contributed by atoms with van der Waals surface area (Å²) in [7, 11) is 0. The third-order valence-corrected chi connectivity index (χ3v) is 3.12. The number of likely N-dealkylation sites (tertiary alicyclic amines) is 1. The van der Waals surface area contributed by atoms with Crippen LogP contribution in [0.1, 0.15) is 33.1 Å². The van der Waals surface area contributed by atoms with Gasteiger partial charge in [-0.1, -0.05) is 13.8 Å². The van der Waals surface area contributed by atoms with Crippen molar-refractivity contribution in [2.24, 2.45) is 5.41 Å². The second-order valence-corrected chi connectivity index (χ2v) is 3.53. The van der Waals surface area contributed by atoms with Gasteiger partial charge in [-0.05, 0) is 24.7 Å². The van der Waals surface area contributed by atoms with Crippen LogP contribution in [0.15, 0.2) is 0 Å². The van der Waals surface area contributed by atoms with E-state index in [-0.39, 0.29) is 0 Å². The quantitative estimate of drug-likeness (QED) is 0.567. The molecule has 1 heterocycles. The molecule has 1 aliphatic heterocycles. The maximum Gasteiger partial charge on any atom is 0.209 e. The van der Waals surface area contributed by atoms with Gasteiger partial charge in [0.15, 0.2) is 0 Å². The van der Waals surface area contributed by atoms with E-state index in [9.17, 15) is 4.79 Å². The summed E-state index contributed by atoms with van der Waals surface area (Å²) in [5, 5.41) is 0. The van der Waals surface area contributed by atoms with Gasteiger partial charge in [0, 0.05) is 13.1 Å². The predicted octanol–water partition coefficient (Wildman–Crippen LogP) is 1.65. The molecule has 2 nitrogen and oxygen atoms in total. The van der Waals surface area contributed by atoms with E-state index in [4.69, 9.17) is 0 Å². The van der Waals surface area contributed by atoms with Crippen molar-refractivity contribution < 1.29 is 4.79 Å². The summed E-state index contributed by atoms with van der Waals surface area (Å²) in [6.45, 7) is 6.38. The second-order valence-electron chi connectivity index (χ2n) is 3.53. The fourth-order valence-corrected chi connectivity index (χ4v) is 1.89. The normalized spacial score (nSPS) is 22.2. The molecule has 0 N–H and O–H groups in total. The monoisotopic (exact) mass is 155 g/mol. The standard InChI is InChI=1S/C9H17NO/c1-3-9(4-2)5-6-10(7-9)8-11/h8H,3-7H2,1-2H3. The first-order valence-electron chi connectivity index (χ1n) is 4.45. The minimum absolute atomic E-state index is 0.445. The van der Waals surface area contributed by atoms with E-state index in [1.165, 1.54) is 19.3 Å². The van der Waals surface area contributed by atoms with Crippen molar-refractivity contribution in [2.75, 3.05) is 13.1 Å². The summed E-state index contributed by atoms with van der Waals surface area (Å²) in [5.74, 6) is 0. The van der Waals surface area contributed by atoms with Crippen molar-refractivity contribution in [1.82, 2.24) is 4.90 Å². The molecular weight excluding hydrogens is 138 g/mol. The van der Waals surface area contributed by atoms with Gasteiger partial charge in [-0.25, -0.2) is 0 Å². The molecule has 1 aliphatic rings. The first-order chi connectivity index (χ1) is 5.26. The summed E-state index contributed by atoms with van der Waals surface area (Å²) >= 11 is 0. The van der Waals surface area contributed by atoms with Crippen molar-refractivity contribution in [2.45, 2.75) is 33.1 Å². The number of carbonyl (C=O) groups is 1. The lowest BCUT2D eigenvalue weighted by Crippen LogP contribution is -2.25. The molecule has 0 radical (unpaired) electrons. The van der Waals surface area contributed by atoms with Crippen LogP contribution in [0.3, 0.4) is 0 Å². The van der Waals surface area contributed by atoms with Crippen LogP contribution in [0.5, 0.6) is 0 Å². The molecule has 1 rings (SSSR count). The smallest absolute Gasteiger partial charge is 0.209 e. The lowest BCUT2D eigenvalue weighted by molar-refractivity contribution is -0.117. The maximum atomic E-state index is 10.5. The van der Waals surface area contributed by atoms with Crippen molar-refractivity contribution in [3.8, 4) is 0 Å². The number of amides is 1. The van der Waals surface area contributed by atoms with Gasteiger partial charge in [-0.3, -0.25) is 4.79 Å². The van der Waals surface area contributed by atoms with Gasteiger partial charge in [0.1, 0.15) is 0 Å². The molecule has 0 aromatic heterocycles. The van der Waals surface area contributed by atoms with E-state index in [2.05, 4.69) is 13.8 Å². The number of rotatable bonds is 3. The molecule has 64 valence electrons. The molecule has 0 bridgehead atoms. The third-order valence-electron chi connectivity index (χ3n) is 3.12. The van der Waals surface area contributed by atoms with Gasteiger partial charge >= 0.3 is 0 Å². The Labute approximate surface area is 68.6 Å². The van der Waals surface area contributed by atoms with Gasteiger partial charge in [-0.15, -0.1) is 0 Å². The fraction of sp³-hybridized carbons (Fsp3) is 0.889. The molecule has 0 spiro atoms. The molecule has 0 unspecified atom stereocenters. The van der Waals surface area contributed by atoms with Crippen LogP contribution < -0.4 is 0 Å². The van der Waals surface area contributed by atoms with E-state index in [0.717, 1.165) is 19.5 Å². The Balaban J connectivity index is 2.54. The summed E-state index contributed by atoms with van der Waals surface area (Å²) in [5.41, 5.74) is 0.445. The van der Waals surface area contributed by atoms with E-state index in [1.807, 2.05) is 4.90 Å². The second kappa shape index (κ2) is 3.24. The van der Waals surface area contributed by atoms with Gasteiger partial charge in [0.2, 0.25) is 6.41 Å². The van der Waals surface area contributed by atoms with Crippen LogP contribution in [-0.2, 0) is 4.79 Å². The Morgan fingerprint density at radius 1 is 1.45 bits per heavy atom. The highest BCUT2D eigenvalue weighted by atomic mass is 16.1. The fourth-order valence-electron chi connectivity index (χ4n) is 1.89. The van der Waals surface area contributed by atoms with Crippen LogP contribution in [0.25, 0.3) is 0 Å². The first-order valence-corrected chi connectivity index (χ1v) is 4.45. The van der Waals surface area contributed by atoms with E-state index >= 15 is 0 Å². The Kier molecular flexibility index (Phi) is 2.53. The van der Waals surface area contributed by atoms with E-state index in [1.54, 1.807) is 0 Å². The molecule has 1 saturated heterocycles. The number of hydrogen-bond donors (Lipinski definition) is 0. The largest absolute Gasteiger partial charge is 0.345 e. The van der Waals surface area contributed by atoms with Crippen LogP contribution in [0.4, 0.5) is 0 Å². The Morgan fingerprint density at radius 2 is 2.09 bits per heavy atom. The molecule has 1 amide bonds. The predicted molar refractivity (Wildman–Crippen MR) is 45.3 cm³/mol.